The first-order valence-corrected chi connectivity index (χ1v) is 5.21. The number of aldehydes is 1. The van der Waals surface area contributed by atoms with Crippen LogP contribution in [0.3, 0.4) is 0 Å². The van der Waals surface area contributed by atoms with Crippen molar-refractivity contribution in [3.05, 3.63) is 48.4 Å². The molecule has 0 unspecified atom stereocenters. The third-order valence-corrected chi connectivity index (χ3v) is 2.71. The second-order valence-electron chi connectivity index (χ2n) is 3.76. The molecule has 0 aliphatic rings. The maximum Gasteiger partial charge on any atom is 0.150 e. The van der Waals surface area contributed by atoms with Gasteiger partial charge in [-0.25, -0.2) is 0 Å². The van der Waals surface area contributed by atoms with Crippen molar-refractivity contribution >= 4 is 17.2 Å². The molecule has 1 N–H and O–H groups in total. The van der Waals surface area contributed by atoms with Gasteiger partial charge in [0.05, 0.1) is 11.7 Å². The highest BCUT2D eigenvalue weighted by molar-refractivity contribution is 5.92. The first-order chi connectivity index (χ1) is 8.38. The van der Waals surface area contributed by atoms with Gasteiger partial charge < -0.3 is 0 Å². The number of fused-ring (bicyclic) bond motifs is 1. The Morgan fingerprint density at radius 1 is 1.06 bits per heavy atom. The fourth-order valence-electron chi connectivity index (χ4n) is 1.83. The number of hydrogen-bond donors (Lipinski definition) is 1. The standard InChI is InChI=1S/C13H9N3O/c17-8-9-1-3-10(4-2-9)12-7-14-5-11-6-15-16-13(11)12/h1-8H,(H,15,16). The zero-order valence-corrected chi connectivity index (χ0v) is 8.92. The van der Waals surface area contributed by atoms with E-state index >= 15 is 0 Å². The van der Waals surface area contributed by atoms with E-state index in [-0.39, 0.29) is 0 Å². The Labute approximate surface area is 97.3 Å². The number of rotatable bonds is 2. The lowest BCUT2D eigenvalue weighted by Gasteiger charge is -2.02. The molecule has 4 heteroatoms. The van der Waals surface area contributed by atoms with Gasteiger partial charge in [0.2, 0.25) is 0 Å². The predicted octanol–water partition coefficient (Wildman–Crippen LogP) is 2.44. The second-order valence-corrected chi connectivity index (χ2v) is 3.76. The predicted molar refractivity (Wildman–Crippen MR) is 64.7 cm³/mol. The van der Waals surface area contributed by atoms with Crippen molar-refractivity contribution in [1.29, 1.82) is 0 Å². The first-order valence-electron chi connectivity index (χ1n) is 5.21. The van der Waals surface area contributed by atoms with Gasteiger partial charge in [0.15, 0.2) is 0 Å². The molecule has 0 bridgehead atoms. The number of carbonyl (C=O) groups excluding carboxylic acids is 1. The monoisotopic (exact) mass is 223 g/mol. The molecule has 17 heavy (non-hydrogen) atoms. The van der Waals surface area contributed by atoms with Gasteiger partial charge in [-0.05, 0) is 5.56 Å². The number of hydrogen-bond acceptors (Lipinski definition) is 3. The Balaban J connectivity index is 2.19. The largest absolute Gasteiger partial charge is 0.298 e. The van der Waals surface area contributed by atoms with Crippen molar-refractivity contribution in [1.82, 2.24) is 15.2 Å². The molecule has 3 aromatic rings. The highest BCUT2D eigenvalue weighted by Crippen LogP contribution is 2.25. The van der Waals surface area contributed by atoms with E-state index in [1.54, 1.807) is 30.7 Å². The summed E-state index contributed by atoms with van der Waals surface area (Å²) < 4.78 is 0. The van der Waals surface area contributed by atoms with E-state index in [2.05, 4.69) is 15.2 Å². The smallest absolute Gasteiger partial charge is 0.150 e. The average molecular weight is 223 g/mol. The van der Waals surface area contributed by atoms with Crippen LogP contribution in [0.1, 0.15) is 10.4 Å². The van der Waals surface area contributed by atoms with Gasteiger partial charge in [-0.1, -0.05) is 24.3 Å². The molecule has 1 aromatic carbocycles. The van der Waals surface area contributed by atoms with Gasteiger partial charge in [0, 0.05) is 28.9 Å². The van der Waals surface area contributed by atoms with Crippen molar-refractivity contribution in [2.45, 2.75) is 0 Å². The quantitative estimate of drug-likeness (QED) is 0.679. The highest BCUT2D eigenvalue weighted by Gasteiger charge is 2.05. The molecule has 3 rings (SSSR count). The third-order valence-electron chi connectivity index (χ3n) is 2.71. The Hall–Kier alpha value is -2.49. The Bertz CT molecular complexity index is 670. The van der Waals surface area contributed by atoms with Crippen molar-refractivity contribution in [3.63, 3.8) is 0 Å². The van der Waals surface area contributed by atoms with Crippen molar-refractivity contribution < 1.29 is 4.79 Å². The number of nitrogens with zero attached hydrogens (tertiary/aromatic N) is 2. The van der Waals surface area contributed by atoms with E-state index < -0.39 is 0 Å². The minimum atomic E-state index is 0.665. The lowest BCUT2D eigenvalue weighted by atomic mass is 10.0. The number of aromatic nitrogens is 3. The van der Waals surface area contributed by atoms with Crippen molar-refractivity contribution in [2.24, 2.45) is 0 Å². The second kappa shape index (κ2) is 3.83. The topological polar surface area (TPSA) is 58.6 Å². The minimum Gasteiger partial charge on any atom is -0.298 e. The maximum absolute atomic E-state index is 10.6. The van der Waals surface area contributed by atoms with Crippen LogP contribution in [0.4, 0.5) is 0 Å². The molecule has 0 saturated heterocycles. The van der Waals surface area contributed by atoms with Crippen LogP contribution in [-0.2, 0) is 0 Å². The van der Waals surface area contributed by atoms with Gasteiger partial charge in [-0.2, -0.15) is 5.10 Å². The summed E-state index contributed by atoms with van der Waals surface area (Å²) in [5.74, 6) is 0. The molecule has 0 radical (unpaired) electrons. The van der Waals surface area contributed by atoms with Gasteiger partial charge in [0.25, 0.3) is 0 Å². The van der Waals surface area contributed by atoms with E-state index in [0.29, 0.717) is 5.56 Å². The summed E-state index contributed by atoms with van der Waals surface area (Å²) in [5, 5.41) is 7.93. The van der Waals surface area contributed by atoms with Crippen molar-refractivity contribution in [3.8, 4) is 11.1 Å². The summed E-state index contributed by atoms with van der Waals surface area (Å²) in [6.45, 7) is 0. The molecule has 0 amide bonds. The molecule has 0 saturated carbocycles. The summed E-state index contributed by atoms with van der Waals surface area (Å²) in [6.07, 6.45) is 6.13. The number of nitrogens with one attached hydrogen (secondary N) is 1. The highest BCUT2D eigenvalue weighted by atomic mass is 16.1. The van der Waals surface area contributed by atoms with E-state index in [4.69, 9.17) is 0 Å². The van der Waals surface area contributed by atoms with E-state index in [0.717, 1.165) is 28.3 Å². The molecule has 2 aromatic heterocycles. The normalized spacial score (nSPS) is 10.6. The minimum absolute atomic E-state index is 0.665. The molecule has 82 valence electrons. The summed E-state index contributed by atoms with van der Waals surface area (Å²) in [7, 11) is 0. The summed E-state index contributed by atoms with van der Waals surface area (Å²) in [6, 6.07) is 7.39. The number of pyridine rings is 1. The third kappa shape index (κ3) is 1.59. The van der Waals surface area contributed by atoms with E-state index in [1.807, 2.05) is 12.1 Å². The van der Waals surface area contributed by atoms with Crippen LogP contribution in [0.5, 0.6) is 0 Å². The Kier molecular flexibility index (Phi) is 2.19. The van der Waals surface area contributed by atoms with Crippen LogP contribution in [0.2, 0.25) is 0 Å². The van der Waals surface area contributed by atoms with Gasteiger partial charge in [-0.15, -0.1) is 0 Å². The van der Waals surface area contributed by atoms with Gasteiger partial charge in [0.1, 0.15) is 6.29 Å². The molecule has 4 nitrogen and oxygen atoms in total. The molecule has 0 aliphatic carbocycles. The number of H-pyrrole nitrogens is 1. The van der Waals surface area contributed by atoms with E-state index in [1.165, 1.54) is 0 Å². The number of benzene rings is 1. The number of carbonyl (C=O) groups is 1. The van der Waals surface area contributed by atoms with Gasteiger partial charge >= 0.3 is 0 Å². The molecular formula is C13H9N3O. The maximum atomic E-state index is 10.6. The summed E-state index contributed by atoms with van der Waals surface area (Å²) >= 11 is 0. The zero-order chi connectivity index (χ0) is 11.7. The van der Waals surface area contributed by atoms with Crippen LogP contribution in [0.15, 0.2) is 42.9 Å². The van der Waals surface area contributed by atoms with E-state index in [9.17, 15) is 4.79 Å². The molecule has 2 heterocycles. The lowest BCUT2D eigenvalue weighted by Crippen LogP contribution is -1.84. The van der Waals surface area contributed by atoms with Gasteiger partial charge in [-0.3, -0.25) is 14.9 Å². The SMILES string of the molecule is O=Cc1ccc(-c2cncc3cn[nH]c23)cc1. The first kappa shape index (κ1) is 9.72. The summed E-state index contributed by atoms with van der Waals surface area (Å²) in [5.41, 5.74) is 3.62. The average Bonchev–Trinajstić information content (AvgIpc) is 2.87. The van der Waals surface area contributed by atoms with Crippen LogP contribution >= 0.6 is 0 Å². The molecule has 0 spiro atoms. The van der Waals surface area contributed by atoms with Crippen LogP contribution in [-0.4, -0.2) is 21.5 Å². The molecule has 0 atom stereocenters. The fraction of sp³-hybridized carbons (Fsp3) is 0. The summed E-state index contributed by atoms with van der Waals surface area (Å²) in [4.78, 5) is 14.8. The lowest BCUT2D eigenvalue weighted by molar-refractivity contribution is 0.112. The van der Waals surface area contributed by atoms with Crippen LogP contribution in [0.25, 0.3) is 22.0 Å². The molecular weight excluding hydrogens is 214 g/mol. The zero-order valence-electron chi connectivity index (χ0n) is 8.92. The Morgan fingerprint density at radius 3 is 2.65 bits per heavy atom. The van der Waals surface area contributed by atoms with Crippen LogP contribution < -0.4 is 0 Å². The Morgan fingerprint density at radius 2 is 1.88 bits per heavy atom. The fourth-order valence-corrected chi connectivity index (χ4v) is 1.83. The molecule has 0 aliphatic heterocycles. The molecule has 0 fully saturated rings. The number of aromatic amines is 1. The van der Waals surface area contributed by atoms with Crippen molar-refractivity contribution in [2.75, 3.05) is 0 Å². The van der Waals surface area contributed by atoms with Crippen LogP contribution in [0, 0.1) is 0 Å².